The summed E-state index contributed by atoms with van der Waals surface area (Å²) in [6.45, 7) is 0. The van der Waals surface area contributed by atoms with E-state index in [-0.39, 0.29) is 38.5 Å². The molecule has 0 amide bonds. The molecule has 102 valence electrons. The number of benzene rings is 1. The van der Waals surface area contributed by atoms with E-state index in [0.29, 0.717) is 0 Å². The molecule has 0 fully saturated rings. The molecule has 0 radical (unpaired) electrons. The van der Waals surface area contributed by atoms with Crippen molar-refractivity contribution >= 4 is 7.32 Å². The molecule has 11 heteroatoms. The van der Waals surface area contributed by atoms with Crippen molar-refractivity contribution in [2.75, 3.05) is 0 Å². The molecule has 1 aromatic rings. The first kappa shape index (κ1) is 18.2. The van der Waals surface area contributed by atoms with E-state index in [1.54, 1.807) is 0 Å². The Labute approximate surface area is 117 Å². The Morgan fingerprint density at radius 1 is 1.00 bits per heavy atom. The first-order valence-electron chi connectivity index (χ1n) is 4.33. The third kappa shape index (κ3) is 4.99. The van der Waals surface area contributed by atoms with Gasteiger partial charge in [-0.05, 0) is 18.2 Å². The van der Waals surface area contributed by atoms with Crippen molar-refractivity contribution < 1.29 is 61.3 Å². The predicted molar refractivity (Wildman–Crippen MR) is 48.4 cm³/mol. The zero-order valence-corrected chi connectivity index (χ0v) is 9.38. The Morgan fingerprint density at radius 3 is 1.89 bits per heavy atom. The van der Waals surface area contributed by atoms with E-state index >= 15 is 0 Å². The molecule has 19 heavy (non-hydrogen) atoms. The van der Waals surface area contributed by atoms with Crippen LogP contribution in [0.25, 0.3) is 0 Å². The zero-order valence-electron chi connectivity index (χ0n) is 10.4. The summed E-state index contributed by atoms with van der Waals surface area (Å²) in [5.41, 5.74) is -2.94. The van der Waals surface area contributed by atoms with Crippen molar-refractivity contribution in [1.29, 1.82) is 0 Å². The molecule has 0 unspecified atom stereocenters. The molecule has 1 rings (SSSR count). The van der Waals surface area contributed by atoms with E-state index < -0.39 is 36.6 Å². The Balaban J connectivity index is 0. The number of hydrogen-bond acceptors (Lipinski definition) is 3. The minimum Gasteiger partial charge on any atom is -1.00 e. The van der Waals surface area contributed by atoms with Crippen LogP contribution in [0.3, 0.4) is 0 Å². The Kier molecular flexibility index (Phi) is 5.83. The van der Waals surface area contributed by atoms with Crippen LogP contribution in [0.4, 0.5) is 26.3 Å². The predicted octanol–water partition coefficient (Wildman–Crippen LogP) is -0.811. The van der Waals surface area contributed by atoms with Crippen LogP contribution in [0.1, 0.15) is 12.6 Å². The normalized spacial score (nSPS) is 11.8. The monoisotopic (exact) mass is 282 g/mol. The molecule has 0 atom stereocenters. The van der Waals surface area contributed by atoms with Gasteiger partial charge in [0.25, 0.3) is 0 Å². The standard InChI is InChI=1S/C8H5BF6O3.Li.H/c10-7(11,12)4-1-2-5(8(13,14)15)6(3-4)18-9(16)17;;/h1-3,16-17H;;/q;+1;-1. The molecule has 3 nitrogen and oxygen atoms in total. The van der Waals surface area contributed by atoms with Crippen LogP contribution in [-0.2, 0) is 12.4 Å². The number of rotatable bonds is 2. The number of halogens is 6. The molecule has 2 N–H and O–H groups in total. The maximum atomic E-state index is 12.4. The average molecular weight is 282 g/mol. The summed E-state index contributed by atoms with van der Waals surface area (Å²) in [4.78, 5) is 0. The van der Waals surface area contributed by atoms with Gasteiger partial charge in [0.2, 0.25) is 0 Å². The van der Waals surface area contributed by atoms with Gasteiger partial charge in [0.05, 0.1) is 11.1 Å². The molecule has 0 bridgehead atoms. The summed E-state index contributed by atoms with van der Waals surface area (Å²) in [7, 11) is -2.66. The minimum absolute atomic E-state index is 0. The first-order valence-corrected chi connectivity index (χ1v) is 4.33. The second-order valence-corrected chi connectivity index (χ2v) is 3.15. The van der Waals surface area contributed by atoms with Crippen LogP contribution in [0.2, 0.25) is 0 Å². The summed E-state index contributed by atoms with van der Waals surface area (Å²) < 4.78 is 77.9. The van der Waals surface area contributed by atoms with Crippen LogP contribution in [-0.4, -0.2) is 17.4 Å². The van der Waals surface area contributed by atoms with Gasteiger partial charge >= 0.3 is 38.5 Å². The third-order valence-electron chi connectivity index (χ3n) is 1.85. The molecule has 0 aliphatic rings. The molecule has 1 aromatic carbocycles. The minimum atomic E-state index is -4.98. The van der Waals surface area contributed by atoms with E-state index in [1.807, 2.05) is 0 Å². The molecule has 0 aromatic heterocycles. The maximum absolute atomic E-state index is 12.4. The van der Waals surface area contributed by atoms with Gasteiger partial charge in [-0.3, -0.25) is 0 Å². The van der Waals surface area contributed by atoms with E-state index in [2.05, 4.69) is 4.65 Å². The molecule has 0 heterocycles. The van der Waals surface area contributed by atoms with Gasteiger partial charge in [0, 0.05) is 0 Å². The van der Waals surface area contributed by atoms with Crippen molar-refractivity contribution in [3.05, 3.63) is 29.3 Å². The van der Waals surface area contributed by atoms with Gasteiger partial charge in [-0.25, -0.2) is 0 Å². The van der Waals surface area contributed by atoms with E-state index in [1.165, 1.54) is 0 Å². The number of hydrogen-bond donors (Lipinski definition) is 2. The topological polar surface area (TPSA) is 49.7 Å². The smallest absolute Gasteiger partial charge is 1.00 e. The third-order valence-corrected chi connectivity index (χ3v) is 1.85. The zero-order chi connectivity index (χ0) is 14.1. The fraction of sp³-hybridized carbons (Fsp3) is 0.250. The van der Waals surface area contributed by atoms with E-state index in [4.69, 9.17) is 10.0 Å². The van der Waals surface area contributed by atoms with Gasteiger partial charge in [0.15, 0.2) is 0 Å². The molecule has 0 saturated carbocycles. The maximum Gasteiger partial charge on any atom is 1.00 e. The van der Waals surface area contributed by atoms with Gasteiger partial charge in [-0.1, -0.05) is 0 Å². The van der Waals surface area contributed by atoms with Gasteiger partial charge < -0.3 is 16.1 Å². The fourth-order valence-corrected chi connectivity index (χ4v) is 1.14. The molecular formula is C8H6BF6LiO3. The van der Waals surface area contributed by atoms with Crippen LogP contribution in [0, 0.1) is 0 Å². The van der Waals surface area contributed by atoms with Crippen LogP contribution >= 0.6 is 0 Å². The summed E-state index contributed by atoms with van der Waals surface area (Å²) in [6.07, 6.45) is -9.85. The average Bonchev–Trinajstić information content (AvgIpc) is 2.13. The molecule has 0 saturated heterocycles. The quantitative estimate of drug-likeness (QED) is 0.551. The molecular weight excluding hydrogens is 276 g/mol. The summed E-state index contributed by atoms with van der Waals surface area (Å²) in [5.74, 6) is -1.31. The Morgan fingerprint density at radius 2 is 1.53 bits per heavy atom. The Hall–Kier alpha value is -0.818. The summed E-state index contributed by atoms with van der Waals surface area (Å²) in [6, 6.07) is 0.419. The first-order chi connectivity index (χ1) is 8.01. The van der Waals surface area contributed by atoms with Crippen molar-refractivity contribution in [3.63, 3.8) is 0 Å². The van der Waals surface area contributed by atoms with E-state index in [0.717, 1.165) is 0 Å². The molecule has 0 spiro atoms. The second-order valence-electron chi connectivity index (χ2n) is 3.15. The molecule has 0 aliphatic carbocycles. The second kappa shape index (κ2) is 6.09. The van der Waals surface area contributed by atoms with Gasteiger partial charge in [0.1, 0.15) is 5.75 Å². The largest absolute Gasteiger partial charge is 1.00 e. The van der Waals surface area contributed by atoms with Crippen molar-refractivity contribution in [3.8, 4) is 5.75 Å². The van der Waals surface area contributed by atoms with Gasteiger partial charge in [-0.15, -0.1) is 0 Å². The van der Waals surface area contributed by atoms with Crippen LogP contribution in [0.5, 0.6) is 5.75 Å². The van der Waals surface area contributed by atoms with Crippen molar-refractivity contribution in [2.45, 2.75) is 12.4 Å². The summed E-state index contributed by atoms with van der Waals surface area (Å²) in [5, 5.41) is 16.7. The summed E-state index contributed by atoms with van der Waals surface area (Å²) >= 11 is 0. The Bertz CT molecular complexity index is 439. The van der Waals surface area contributed by atoms with E-state index in [9.17, 15) is 26.3 Å². The van der Waals surface area contributed by atoms with Crippen LogP contribution in [0.15, 0.2) is 18.2 Å². The SMILES string of the molecule is OB(O)Oc1cc(C(F)(F)F)ccc1C(F)(F)F.[H-].[Li+]. The fourth-order valence-electron chi connectivity index (χ4n) is 1.14. The van der Waals surface area contributed by atoms with Crippen molar-refractivity contribution in [1.82, 2.24) is 0 Å². The van der Waals surface area contributed by atoms with Crippen molar-refractivity contribution in [2.24, 2.45) is 0 Å². The number of alkyl halides is 6. The van der Waals surface area contributed by atoms with Crippen LogP contribution < -0.4 is 23.5 Å². The molecule has 0 aliphatic heterocycles. The van der Waals surface area contributed by atoms with Gasteiger partial charge in [-0.2, -0.15) is 26.3 Å².